The minimum atomic E-state index is -0.219. The Hall–Kier alpha value is -3.06. The number of carbonyl (C=O) groups excluding carboxylic acids is 1. The number of rotatable bonds is 5. The predicted molar refractivity (Wildman–Crippen MR) is 111 cm³/mol. The summed E-state index contributed by atoms with van der Waals surface area (Å²) in [5.41, 5.74) is 1.67. The molecule has 1 amide bonds. The van der Waals surface area contributed by atoms with Crippen molar-refractivity contribution in [2.45, 2.75) is 37.8 Å². The maximum absolute atomic E-state index is 12.7. The van der Waals surface area contributed by atoms with Crippen molar-refractivity contribution in [1.82, 2.24) is 25.3 Å². The number of aryl methyl sites for hydroxylation is 1. The molecule has 2 fully saturated rings. The van der Waals surface area contributed by atoms with Gasteiger partial charge in [-0.15, -0.1) is 0 Å². The Labute approximate surface area is 175 Å². The lowest BCUT2D eigenvalue weighted by atomic mass is 9.80. The summed E-state index contributed by atoms with van der Waals surface area (Å²) in [5.74, 6) is 1.65. The Balaban J connectivity index is 1.35. The van der Waals surface area contributed by atoms with Crippen molar-refractivity contribution >= 4 is 5.91 Å². The summed E-state index contributed by atoms with van der Waals surface area (Å²) in [5, 5.41) is 7.26. The van der Waals surface area contributed by atoms with Gasteiger partial charge in [-0.1, -0.05) is 35.5 Å². The van der Waals surface area contributed by atoms with Gasteiger partial charge in [-0.3, -0.25) is 14.7 Å². The van der Waals surface area contributed by atoms with Gasteiger partial charge in [-0.05, 0) is 43.4 Å². The van der Waals surface area contributed by atoms with Crippen molar-refractivity contribution in [3.8, 4) is 0 Å². The molecular weight excluding hydrogens is 378 g/mol. The van der Waals surface area contributed by atoms with Gasteiger partial charge in [0.25, 0.3) is 5.91 Å². The molecule has 0 unspecified atom stereocenters. The van der Waals surface area contributed by atoms with E-state index in [9.17, 15) is 4.79 Å². The Morgan fingerprint density at radius 2 is 2.13 bits per heavy atom. The van der Waals surface area contributed by atoms with Gasteiger partial charge in [0.1, 0.15) is 0 Å². The number of likely N-dealkylation sites (tertiary alicyclic amines) is 1. The molecule has 3 aromatic rings. The van der Waals surface area contributed by atoms with Crippen LogP contribution in [0.1, 0.15) is 40.5 Å². The van der Waals surface area contributed by atoms with Crippen molar-refractivity contribution in [2.24, 2.45) is 5.92 Å². The molecule has 0 radical (unpaired) electrons. The van der Waals surface area contributed by atoms with Gasteiger partial charge in [0.05, 0.1) is 11.0 Å². The lowest BCUT2D eigenvalue weighted by molar-refractivity contribution is 0.0933. The smallest absolute Gasteiger partial charge is 0.253 e. The number of nitrogens with one attached hydrogen (secondary N) is 1. The largest absolute Gasteiger partial charge is 0.349 e. The van der Waals surface area contributed by atoms with Gasteiger partial charge in [-0.2, -0.15) is 4.98 Å². The second-order valence-electron chi connectivity index (χ2n) is 8.51. The first-order valence-corrected chi connectivity index (χ1v) is 10.4. The Morgan fingerprint density at radius 1 is 1.27 bits per heavy atom. The summed E-state index contributed by atoms with van der Waals surface area (Å²) in [4.78, 5) is 23.8. The van der Waals surface area contributed by atoms with Crippen LogP contribution in [0.2, 0.25) is 0 Å². The van der Waals surface area contributed by atoms with Crippen molar-refractivity contribution in [3.63, 3.8) is 0 Å². The minimum Gasteiger partial charge on any atom is -0.349 e. The number of amides is 1. The molecule has 2 aromatic heterocycles. The third kappa shape index (κ3) is 3.50. The summed E-state index contributed by atoms with van der Waals surface area (Å²) in [6, 6.07) is 14.2. The average molecular weight is 403 g/mol. The van der Waals surface area contributed by atoms with Crippen molar-refractivity contribution in [2.75, 3.05) is 13.1 Å². The molecule has 154 valence electrons. The molecule has 2 aliphatic rings. The summed E-state index contributed by atoms with van der Waals surface area (Å²) in [6.07, 6.45) is 4.98. The van der Waals surface area contributed by atoms with Crippen LogP contribution in [0.5, 0.6) is 0 Å². The number of nitrogens with zero attached hydrogens (tertiary/aromatic N) is 4. The molecule has 3 heterocycles. The standard InChI is InChI=1S/C23H25N5O2/c1-16-25-22(30-27-16)23-11-20(26-21(29)18-8-5-9-24-12-18)10-19(23)14-28(15-23)13-17-6-3-2-4-7-17/h2-9,12,19-20H,10-11,13-15H2,1H3,(H,26,29)/t19-,20+,23-/m0/s1. The molecule has 1 N–H and O–H groups in total. The average Bonchev–Trinajstić information content (AvgIpc) is 3.42. The SMILES string of the molecule is Cc1noc([C@]23C[C@H](NC(=O)c4cccnc4)C[C@H]2CN(Cc2ccccc2)C3)n1. The zero-order chi connectivity index (χ0) is 20.6. The van der Waals surface area contributed by atoms with E-state index in [0.29, 0.717) is 23.2 Å². The third-order valence-electron chi connectivity index (χ3n) is 6.41. The second kappa shape index (κ2) is 7.65. The number of pyridine rings is 1. The lowest BCUT2D eigenvalue weighted by Crippen LogP contribution is -2.38. The predicted octanol–water partition coefficient (Wildman–Crippen LogP) is 2.74. The van der Waals surface area contributed by atoms with Crippen LogP contribution >= 0.6 is 0 Å². The first-order valence-electron chi connectivity index (χ1n) is 10.4. The molecule has 0 bridgehead atoms. The first-order chi connectivity index (χ1) is 14.6. The number of fused-ring (bicyclic) bond motifs is 1. The van der Waals surface area contributed by atoms with Gasteiger partial charge >= 0.3 is 0 Å². The topological polar surface area (TPSA) is 84.2 Å². The van der Waals surface area contributed by atoms with Crippen molar-refractivity contribution < 1.29 is 9.32 Å². The molecule has 1 aromatic carbocycles. The van der Waals surface area contributed by atoms with E-state index in [-0.39, 0.29) is 17.4 Å². The molecule has 3 atom stereocenters. The van der Waals surface area contributed by atoms with E-state index in [1.807, 2.05) is 13.0 Å². The van der Waals surface area contributed by atoms with E-state index in [4.69, 9.17) is 4.52 Å². The van der Waals surface area contributed by atoms with E-state index in [2.05, 4.69) is 49.6 Å². The molecular formula is C23H25N5O2. The molecule has 7 nitrogen and oxygen atoms in total. The monoisotopic (exact) mass is 403 g/mol. The highest BCUT2D eigenvalue weighted by Gasteiger charge is 2.57. The van der Waals surface area contributed by atoms with E-state index in [0.717, 1.165) is 32.5 Å². The quantitative estimate of drug-likeness (QED) is 0.705. The van der Waals surface area contributed by atoms with Crippen LogP contribution in [-0.2, 0) is 12.0 Å². The van der Waals surface area contributed by atoms with Gasteiger partial charge in [0.2, 0.25) is 5.89 Å². The van der Waals surface area contributed by atoms with E-state index < -0.39 is 0 Å². The fraction of sp³-hybridized carbons (Fsp3) is 0.391. The van der Waals surface area contributed by atoms with Crippen LogP contribution in [0, 0.1) is 12.8 Å². The molecule has 7 heteroatoms. The normalized spacial score (nSPS) is 25.9. The van der Waals surface area contributed by atoms with E-state index in [1.165, 1.54) is 5.56 Å². The van der Waals surface area contributed by atoms with E-state index in [1.54, 1.807) is 24.5 Å². The molecule has 1 aliphatic carbocycles. The van der Waals surface area contributed by atoms with Crippen LogP contribution in [0.25, 0.3) is 0 Å². The maximum atomic E-state index is 12.7. The fourth-order valence-electron chi connectivity index (χ4n) is 5.14. The fourth-order valence-corrected chi connectivity index (χ4v) is 5.14. The highest BCUT2D eigenvalue weighted by molar-refractivity contribution is 5.94. The summed E-state index contributed by atoms with van der Waals surface area (Å²) < 4.78 is 5.68. The molecule has 1 saturated carbocycles. The maximum Gasteiger partial charge on any atom is 0.253 e. The Morgan fingerprint density at radius 3 is 2.87 bits per heavy atom. The number of carbonyl (C=O) groups is 1. The Bertz CT molecular complexity index is 1020. The lowest BCUT2D eigenvalue weighted by Gasteiger charge is -2.25. The van der Waals surface area contributed by atoms with Crippen molar-refractivity contribution in [1.29, 1.82) is 0 Å². The van der Waals surface area contributed by atoms with Crippen molar-refractivity contribution in [3.05, 3.63) is 77.7 Å². The van der Waals surface area contributed by atoms with Gasteiger partial charge in [-0.25, -0.2) is 0 Å². The number of benzene rings is 1. The molecule has 0 spiro atoms. The van der Waals surface area contributed by atoms with Crippen LogP contribution in [0.4, 0.5) is 0 Å². The first kappa shape index (κ1) is 18.9. The minimum absolute atomic E-state index is 0.0776. The third-order valence-corrected chi connectivity index (χ3v) is 6.41. The van der Waals surface area contributed by atoms with Crippen LogP contribution < -0.4 is 5.32 Å². The zero-order valence-electron chi connectivity index (χ0n) is 17.0. The Kier molecular flexibility index (Phi) is 4.83. The van der Waals surface area contributed by atoms with Crippen LogP contribution in [-0.4, -0.2) is 45.1 Å². The highest BCUT2D eigenvalue weighted by Crippen LogP contribution is 2.50. The highest BCUT2D eigenvalue weighted by atomic mass is 16.5. The summed E-state index contributed by atoms with van der Waals surface area (Å²) >= 11 is 0. The summed E-state index contributed by atoms with van der Waals surface area (Å²) in [7, 11) is 0. The number of hydrogen-bond acceptors (Lipinski definition) is 6. The molecule has 5 rings (SSSR count). The zero-order valence-corrected chi connectivity index (χ0v) is 17.0. The van der Waals surface area contributed by atoms with Gasteiger partial charge < -0.3 is 9.84 Å². The molecule has 30 heavy (non-hydrogen) atoms. The number of hydrogen-bond donors (Lipinski definition) is 1. The molecule has 1 saturated heterocycles. The van der Waals surface area contributed by atoms with Gasteiger partial charge in [0, 0.05) is 38.1 Å². The second-order valence-corrected chi connectivity index (χ2v) is 8.51. The van der Waals surface area contributed by atoms with E-state index >= 15 is 0 Å². The van der Waals surface area contributed by atoms with Crippen LogP contribution in [0.3, 0.4) is 0 Å². The number of aromatic nitrogens is 3. The summed E-state index contributed by atoms with van der Waals surface area (Å²) in [6.45, 7) is 4.56. The van der Waals surface area contributed by atoms with Crippen LogP contribution in [0.15, 0.2) is 59.4 Å². The molecule has 1 aliphatic heterocycles. The van der Waals surface area contributed by atoms with Gasteiger partial charge in [0.15, 0.2) is 5.82 Å².